The van der Waals surface area contributed by atoms with E-state index in [2.05, 4.69) is 30.3 Å². The maximum atomic E-state index is 12.0. The number of carbonyl (C=O) groups excluding carboxylic acids is 1. The molecule has 5 heteroatoms. The number of hydrogen-bond donors (Lipinski definition) is 0. The third-order valence-corrected chi connectivity index (χ3v) is 2.87. The summed E-state index contributed by atoms with van der Waals surface area (Å²) in [7, 11) is 0. The molecule has 0 spiro atoms. The van der Waals surface area contributed by atoms with Crippen molar-refractivity contribution in [1.82, 2.24) is 14.5 Å². The van der Waals surface area contributed by atoms with E-state index in [9.17, 15) is 4.79 Å². The Morgan fingerprint density at radius 2 is 2.22 bits per heavy atom. The van der Waals surface area contributed by atoms with E-state index < -0.39 is 0 Å². The number of rotatable bonds is 1. The third-order valence-electron chi connectivity index (χ3n) is 2.87. The van der Waals surface area contributed by atoms with Crippen LogP contribution in [0.4, 0.5) is 4.79 Å². The number of nitrogens with zero attached hydrogens (tertiary/aromatic N) is 3. The molecule has 1 amide bonds. The minimum absolute atomic E-state index is 0.00326. The first-order valence-corrected chi connectivity index (χ1v) is 6.36. The topological polar surface area (TPSA) is 47.4 Å². The van der Waals surface area contributed by atoms with E-state index in [1.54, 1.807) is 4.90 Å². The van der Waals surface area contributed by atoms with Crippen LogP contribution in [0.2, 0.25) is 0 Å². The first-order valence-electron chi connectivity index (χ1n) is 6.36. The Balaban J connectivity index is 1.95. The van der Waals surface area contributed by atoms with Crippen molar-refractivity contribution in [3.8, 4) is 0 Å². The van der Waals surface area contributed by atoms with E-state index in [0.717, 1.165) is 25.2 Å². The van der Waals surface area contributed by atoms with Gasteiger partial charge in [0.15, 0.2) is 0 Å². The number of imidazole rings is 1. The molecule has 0 unspecified atom stereocenters. The van der Waals surface area contributed by atoms with Gasteiger partial charge in [0.1, 0.15) is 0 Å². The van der Waals surface area contributed by atoms with Gasteiger partial charge in [-0.25, -0.2) is 9.78 Å². The van der Waals surface area contributed by atoms with Crippen molar-refractivity contribution in [3.05, 3.63) is 18.2 Å². The van der Waals surface area contributed by atoms with Gasteiger partial charge in [0, 0.05) is 19.3 Å². The van der Waals surface area contributed by atoms with Gasteiger partial charge >= 0.3 is 6.09 Å². The molecule has 2 heterocycles. The molecule has 2 rings (SSSR count). The van der Waals surface area contributed by atoms with E-state index in [1.165, 1.54) is 0 Å². The predicted octanol–water partition coefficient (Wildman–Crippen LogP) is 2.27. The highest BCUT2D eigenvalue weighted by Crippen LogP contribution is 2.16. The lowest BCUT2D eigenvalue weighted by molar-refractivity contribution is 0.0706. The van der Waals surface area contributed by atoms with E-state index in [4.69, 9.17) is 4.74 Å². The smallest absolute Gasteiger partial charge is 0.410 e. The van der Waals surface area contributed by atoms with Gasteiger partial charge in [0.05, 0.1) is 25.2 Å². The van der Waals surface area contributed by atoms with Crippen LogP contribution in [0.25, 0.3) is 0 Å². The van der Waals surface area contributed by atoms with Crippen LogP contribution in [0, 0.1) is 5.41 Å². The van der Waals surface area contributed by atoms with Crippen molar-refractivity contribution < 1.29 is 9.53 Å². The highest BCUT2D eigenvalue weighted by molar-refractivity contribution is 5.67. The van der Waals surface area contributed by atoms with Crippen molar-refractivity contribution in [3.63, 3.8) is 0 Å². The van der Waals surface area contributed by atoms with Crippen molar-refractivity contribution in [1.29, 1.82) is 0 Å². The minimum atomic E-state index is -0.223. The van der Waals surface area contributed by atoms with Crippen molar-refractivity contribution in [2.24, 2.45) is 5.41 Å². The third kappa shape index (κ3) is 3.24. The standard InChI is InChI=1S/C13H21N3O2/c1-13(2,3)9-18-12(17)15-5-4-6-16-10-14-7-11(16)8-15/h7,10H,4-6,8-9H2,1-3H3. The molecule has 0 saturated heterocycles. The average Bonchev–Trinajstić information content (AvgIpc) is 2.62. The molecule has 1 aromatic rings. The fourth-order valence-electron chi connectivity index (χ4n) is 1.91. The lowest BCUT2D eigenvalue weighted by Crippen LogP contribution is -2.33. The predicted molar refractivity (Wildman–Crippen MR) is 68.1 cm³/mol. The summed E-state index contributed by atoms with van der Waals surface area (Å²) in [5.74, 6) is 0. The zero-order valence-corrected chi connectivity index (χ0v) is 11.3. The molecule has 0 N–H and O–H groups in total. The fraction of sp³-hybridized carbons (Fsp3) is 0.692. The number of ether oxygens (including phenoxy) is 1. The zero-order valence-electron chi connectivity index (χ0n) is 11.3. The summed E-state index contributed by atoms with van der Waals surface area (Å²) in [6.07, 6.45) is 4.35. The van der Waals surface area contributed by atoms with Gasteiger partial charge in [-0.05, 0) is 11.8 Å². The van der Waals surface area contributed by atoms with Gasteiger partial charge in [-0.1, -0.05) is 20.8 Å². The molecular formula is C13H21N3O2. The summed E-state index contributed by atoms with van der Waals surface area (Å²) in [6.45, 7) is 8.85. The molecule has 18 heavy (non-hydrogen) atoms. The molecule has 0 fully saturated rings. The Hall–Kier alpha value is -1.52. The molecule has 0 aliphatic carbocycles. The summed E-state index contributed by atoms with van der Waals surface area (Å²) < 4.78 is 7.44. The monoisotopic (exact) mass is 251 g/mol. The van der Waals surface area contributed by atoms with Crippen molar-refractivity contribution in [2.45, 2.75) is 40.3 Å². The highest BCUT2D eigenvalue weighted by atomic mass is 16.6. The Bertz CT molecular complexity index is 420. The molecule has 1 aliphatic heterocycles. The average molecular weight is 251 g/mol. The lowest BCUT2D eigenvalue weighted by Gasteiger charge is -2.23. The zero-order chi connectivity index (χ0) is 13.2. The first-order chi connectivity index (χ1) is 8.46. The van der Waals surface area contributed by atoms with Gasteiger partial charge in [-0.15, -0.1) is 0 Å². The Labute approximate surface area is 108 Å². The molecule has 1 aromatic heterocycles. The second kappa shape index (κ2) is 5.00. The molecule has 1 aliphatic rings. The first kappa shape index (κ1) is 12.9. The van der Waals surface area contributed by atoms with Crippen LogP contribution in [0.1, 0.15) is 32.9 Å². The van der Waals surface area contributed by atoms with Crippen molar-refractivity contribution >= 4 is 6.09 Å². The highest BCUT2D eigenvalue weighted by Gasteiger charge is 2.22. The Morgan fingerprint density at radius 1 is 1.44 bits per heavy atom. The number of aromatic nitrogens is 2. The van der Waals surface area contributed by atoms with Crippen LogP contribution in [0.15, 0.2) is 12.5 Å². The van der Waals surface area contributed by atoms with Gasteiger partial charge in [-0.2, -0.15) is 0 Å². The SMILES string of the molecule is CC(C)(C)COC(=O)N1CCCn2cncc2C1. The maximum absolute atomic E-state index is 12.0. The largest absolute Gasteiger partial charge is 0.449 e. The van der Waals surface area contributed by atoms with Gasteiger partial charge in [0.25, 0.3) is 0 Å². The summed E-state index contributed by atoms with van der Waals surface area (Å²) >= 11 is 0. The van der Waals surface area contributed by atoms with Crippen LogP contribution >= 0.6 is 0 Å². The molecule has 100 valence electrons. The molecular weight excluding hydrogens is 230 g/mol. The number of amides is 1. The molecule has 5 nitrogen and oxygen atoms in total. The summed E-state index contributed by atoms with van der Waals surface area (Å²) in [6, 6.07) is 0. The second-order valence-corrected chi connectivity index (χ2v) is 5.97. The summed E-state index contributed by atoms with van der Waals surface area (Å²) in [5.41, 5.74) is 1.07. The second-order valence-electron chi connectivity index (χ2n) is 5.97. The molecule has 0 atom stereocenters. The van der Waals surface area contributed by atoms with Crippen LogP contribution in [-0.2, 0) is 17.8 Å². The summed E-state index contributed by atoms with van der Waals surface area (Å²) in [5, 5.41) is 0. The molecule has 0 radical (unpaired) electrons. The van der Waals surface area contributed by atoms with Gasteiger partial charge in [0.2, 0.25) is 0 Å². The van der Waals surface area contributed by atoms with E-state index >= 15 is 0 Å². The summed E-state index contributed by atoms with van der Waals surface area (Å²) in [4.78, 5) is 17.9. The van der Waals surface area contributed by atoms with Crippen LogP contribution < -0.4 is 0 Å². The van der Waals surface area contributed by atoms with Gasteiger partial charge < -0.3 is 14.2 Å². The van der Waals surface area contributed by atoms with E-state index in [0.29, 0.717) is 13.2 Å². The molecule has 0 saturated carbocycles. The van der Waals surface area contributed by atoms with E-state index in [-0.39, 0.29) is 11.5 Å². The minimum Gasteiger partial charge on any atom is -0.449 e. The Morgan fingerprint density at radius 3 is 2.94 bits per heavy atom. The van der Waals surface area contributed by atoms with Crippen LogP contribution in [0.3, 0.4) is 0 Å². The Kier molecular flexibility index (Phi) is 3.59. The number of fused-ring (bicyclic) bond motifs is 1. The molecule has 0 aromatic carbocycles. The lowest BCUT2D eigenvalue weighted by atomic mass is 9.99. The van der Waals surface area contributed by atoms with Crippen LogP contribution in [-0.4, -0.2) is 33.7 Å². The van der Waals surface area contributed by atoms with Crippen molar-refractivity contribution in [2.75, 3.05) is 13.2 Å². The quantitative estimate of drug-likeness (QED) is 0.769. The molecule has 0 bridgehead atoms. The van der Waals surface area contributed by atoms with Gasteiger partial charge in [-0.3, -0.25) is 0 Å². The number of aryl methyl sites for hydroxylation is 1. The van der Waals surface area contributed by atoms with Crippen LogP contribution in [0.5, 0.6) is 0 Å². The fourth-order valence-corrected chi connectivity index (χ4v) is 1.91. The number of carbonyl (C=O) groups is 1. The maximum Gasteiger partial charge on any atom is 0.410 e. The van der Waals surface area contributed by atoms with E-state index in [1.807, 2.05) is 12.5 Å². The number of hydrogen-bond acceptors (Lipinski definition) is 3. The normalized spacial score (nSPS) is 16.1.